The van der Waals surface area contributed by atoms with Gasteiger partial charge in [-0.3, -0.25) is 0 Å². The molecule has 0 saturated carbocycles. The number of carboxylic acids is 5. The number of hydrogen-bond acceptors (Lipinski definition) is 10. The van der Waals surface area contributed by atoms with Gasteiger partial charge in [0.1, 0.15) is 28.5 Å². The predicted molar refractivity (Wildman–Crippen MR) is 244 cm³/mol. The third-order valence-electron chi connectivity index (χ3n) is 9.09. The van der Waals surface area contributed by atoms with Crippen molar-refractivity contribution in [3.8, 4) is 0 Å². The second-order valence-corrected chi connectivity index (χ2v) is 13.5. The van der Waals surface area contributed by atoms with E-state index in [-0.39, 0.29) is 47.0 Å². The molecule has 1 radical (unpaired) electrons. The molecule has 0 fully saturated rings. The first-order valence-electron chi connectivity index (χ1n) is 19.3. The van der Waals surface area contributed by atoms with Crippen LogP contribution in [0.1, 0.15) is 52.4 Å². The maximum atomic E-state index is 10.6. The summed E-state index contributed by atoms with van der Waals surface area (Å²) in [5.74, 6) is -4.97. The Morgan fingerprint density at radius 3 is 0.545 bits per heavy atom. The topological polar surface area (TPSA) is 251 Å². The normalized spacial score (nSPS) is 10.0. The number of nitrogens with zero attached hydrogens (tertiary/aromatic N) is 5. The molecule has 0 bridgehead atoms. The van der Waals surface area contributed by atoms with Gasteiger partial charge in [-0.25, -0.2) is 48.9 Å². The fourth-order valence-electron chi connectivity index (χ4n) is 5.93. The molecule has 16 heteroatoms. The number of pyridine rings is 5. The van der Waals surface area contributed by atoms with Crippen LogP contribution in [-0.2, 0) is 18.6 Å². The third kappa shape index (κ3) is 13.1. The van der Waals surface area contributed by atoms with E-state index in [0.29, 0.717) is 27.6 Å². The number of aromatic nitrogens is 5. The van der Waals surface area contributed by atoms with Gasteiger partial charge in [0.05, 0.1) is 27.6 Å². The van der Waals surface area contributed by atoms with Crippen molar-refractivity contribution in [2.75, 3.05) is 0 Å². The maximum absolute atomic E-state index is 10.6. The van der Waals surface area contributed by atoms with E-state index >= 15 is 0 Å². The van der Waals surface area contributed by atoms with Gasteiger partial charge in [0.25, 0.3) is 0 Å². The van der Waals surface area contributed by atoms with E-state index in [1.807, 2.05) is 91.0 Å². The van der Waals surface area contributed by atoms with Crippen LogP contribution in [0.15, 0.2) is 182 Å². The molecule has 0 atom stereocenters. The molecule has 0 aliphatic rings. The van der Waals surface area contributed by atoms with Gasteiger partial charge in [-0.05, 0) is 60.7 Å². The van der Waals surface area contributed by atoms with Crippen molar-refractivity contribution in [3.63, 3.8) is 0 Å². The smallest absolute Gasteiger partial charge is 0.354 e. The Labute approximate surface area is 386 Å². The van der Waals surface area contributed by atoms with E-state index in [4.69, 9.17) is 25.5 Å². The minimum absolute atomic E-state index is 0. The Kier molecular flexibility index (Phi) is 16.7. The van der Waals surface area contributed by atoms with Crippen molar-refractivity contribution >= 4 is 84.4 Å². The quantitative estimate of drug-likeness (QED) is 0.108. The predicted octanol–water partition coefficient (Wildman–Crippen LogP) is 9.66. The Morgan fingerprint density at radius 1 is 0.242 bits per heavy atom. The number of fused-ring (bicyclic) bond motifs is 5. The van der Waals surface area contributed by atoms with E-state index < -0.39 is 29.8 Å². The molecule has 5 aromatic heterocycles. The van der Waals surface area contributed by atoms with Gasteiger partial charge < -0.3 is 25.5 Å². The molecule has 15 nitrogen and oxygen atoms in total. The Bertz CT molecular complexity index is 2850. The molecule has 0 aliphatic heterocycles. The van der Waals surface area contributed by atoms with Crippen molar-refractivity contribution < 1.29 is 68.1 Å². The van der Waals surface area contributed by atoms with Gasteiger partial charge in [-0.2, -0.15) is 0 Å². The number of benzene rings is 5. The summed E-state index contributed by atoms with van der Waals surface area (Å²) in [5, 5.41) is 48.2. The van der Waals surface area contributed by atoms with E-state index in [1.54, 1.807) is 60.7 Å². The zero-order valence-corrected chi connectivity index (χ0v) is 35.7. The van der Waals surface area contributed by atoms with Gasteiger partial charge in [0.15, 0.2) is 0 Å². The van der Waals surface area contributed by atoms with Gasteiger partial charge >= 0.3 is 29.8 Å². The maximum Gasteiger partial charge on any atom is 0.354 e. The van der Waals surface area contributed by atoms with Crippen LogP contribution in [0.3, 0.4) is 0 Å². The monoisotopic (exact) mass is 916 g/mol. The molecule has 0 spiro atoms. The van der Waals surface area contributed by atoms with E-state index in [1.165, 1.54) is 30.3 Å². The van der Waals surface area contributed by atoms with Gasteiger partial charge in [-0.1, -0.05) is 121 Å². The number of aromatic carboxylic acids is 5. The van der Waals surface area contributed by atoms with Gasteiger partial charge in [-0.15, -0.1) is 0 Å². The van der Waals surface area contributed by atoms with Crippen LogP contribution in [0.5, 0.6) is 0 Å². The standard InChI is InChI=1S/5C10H7NO2.V/c5*12-10(13)9-6-5-7-3-1-2-4-8(7)11-9;/h5*1-6H,(H,12,13);. The van der Waals surface area contributed by atoms with Crippen LogP contribution < -0.4 is 0 Å². The number of para-hydroxylation sites is 5. The third-order valence-corrected chi connectivity index (χ3v) is 9.09. The summed E-state index contributed by atoms with van der Waals surface area (Å²) < 4.78 is 0. The minimum atomic E-state index is -0.995. The molecule has 5 heterocycles. The summed E-state index contributed by atoms with van der Waals surface area (Å²) in [4.78, 5) is 72.8. The minimum Gasteiger partial charge on any atom is -0.477 e. The largest absolute Gasteiger partial charge is 0.477 e. The zero-order chi connectivity index (χ0) is 46.3. The summed E-state index contributed by atoms with van der Waals surface area (Å²) in [6.07, 6.45) is 0. The Hall–Kier alpha value is -8.92. The van der Waals surface area contributed by atoms with Crippen LogP contribution in [0, 0.1) is 0 Å². The molecule has 5 N–H and O–H groups in total. The zero-order valence-electron chi connectivity index (χ0n) is 34.3. The Morgan fingerprint density at radius 2 is 0.394 bits per heavy atom. The molecule has 10 rings (SSSR count). The fourth-order valence-corrected chi connectivity index (χ4v) is 5.93. The van der Waals surface area contributed by atoms with Crippen LogP contribution >= 0.6 is 0 Å². The van der Waals surface area contributed by atoms with E-state index in [2.05, 4.69) is 24.9 Å². The first-order chi connectivity index (χ1) is 31.4. The number of rotatable bonds is 5. The average Bonchev–Trinajstić information content (AvgIpc) is 3.34. The summed E-state index contributed by atoms with van der Waals surface area (Å²) >= 11 is 0. The van der Waals surface area contributed by atoms with Crippen LogP contribution in [0.25, 0.3) is 54.5 Å². The molecule has 0 aliphatic carbocycles. The molecule has 66 heavy (non-hydrogen) atoms. The first kappa shape index (κ1) is 48.1. The molecule has 5 aromatic carbocycles. The first-order valence-corrected chi connectivity index (χ1v) is 19.3. The van der Waals surface area contributed by atoms with E-state index in [9.17, 15) is 24.0 Å². The molecule has 325 valence electrons. The fraction of sp³-hybridized carbons (Fsp3) is 0. The second-order valence-electron chi connectivity index (χ2n) is 13.5. The van der Waals surface area contributed by atoms with Gasteiger partial charge in [0.2, 0.25) is 0 Å². The summed E-state index contributed by atoms with van der Waals surface area (Å²) in [5.41, 5.74) is 3.96. The van der Waals surface area contributed by atoms with Crippen molar-refractivity contribution in [2.45, 2.75) is 0 Å². The molecule has 0 unspecified atom stereocenters. The van der Waals surface area contributed by atoms with E-state index in [0.717, 1.165) is 26.9 Å². The SMILES string of the molecule is O=C(O)c1ccc2ccccc2n1.O=C(O)c1ccc2ccccc2n1.O=C(O)c1ccc2ccccc2n1.O=C(O)c1ccc2ccccc2n1.O=C(O)c1ccc2ccccc2n1.[V]. The summed E-state index contributed by atoms with van der Waals surface area (Å²) in [6, 6.07) is 53.4. The van der Waals surface area contributed by atoms with Crippen LogP contribution in [-0.4, -0.2) is 80.3 Å². The summed E-state index contributed by atoms with van der Waals surface area (Å²) in [6.45, 7) is 0. The van der Waals surface area contributed by atoms with Crippen molar-refractivity contribution in [1.82, 2.24) is 24.9 Å². The average molecular weight is 917 g/mol. The Balaban J connectivity index is 0.000000154. The van der Waals surface area contributed by atoms with Crippen molar-refractivity contribution in [2.24, 2.45) is 0 Å². The summed E-state index contributed by atoms with van der Waals surface area (Å²) in [7, 11) is 0. The number of carbonyl (C=O) groups is 5. The van der Waals surface area contributed by atoms with Crippen molar-refractivity contribution in [3.05, 3.63) is 210 Å². The van der Waals surface area contributed by atoms with Crippen molar-refractivity contribution in [1.29, 1.82) is 0 Å². The molecule has 0 amide bonds. The number of hydrogen-bond donors (Lipinski definition) is 5. The molecular formula is C50H35N5O10V. The molecule has 0 saturated heterocycles. The van der Waals surface area contributed by atoms with Crippen LogP contribution in [0.4, 0.5) is 0 Å². The van der Waals surface area contributed by atoms with Crippen LogP contribution in [0.2, 0.25) is 0 Å². The number of carboxylic acid groups (broad SMARTS) is 5. The second kappa shape index (κ2) is 23.0. The van der Waals surface area contributed by atoms with Gasteiger partial charge in [0, 0.05) is 45.5 Å². The molecule has 10 aromatic rings. The molecular weight excluding hydrogens is 882 g/mol.